The van der Waals surface area contributed by atoms with Crippen LogP contribution < -0.4 is 15.4 Å². The number of carbonyl (C=O) groups is 1. The highest BCUT2D eigenvalue weighted by atomic mass is 16.5. The summed E-state index contributed by atoms with van der Waals surface area (Å²) in [6, 6.07) is 5.57. The fraction of sp³-hybridized carbons (Fsp3) is 0.562. The van der Waals surface area contributed by atoms with E-state index in [-0.39, 0.29) is 12.6 Å². The first-order valence-electron chi connectivity index (χ1n) is 7.29. The van der Waals surface area contributed by atoms with Crippen molar-refractivity contribution < 1.29 is 14.6 Å². The highest BCUT2D eigenvalue weighted by Gasteiger charge is 2.42. The van der Waals surface area contributed by atoms with Crippen LogP contribution in [0.4, 0.5) is 4.79 Å². The first kappa shape index (κ1) is 15.6. The molecule has 0 heterocycles. The van der Waals surface area contributed by atoms with Gasteiger partial charge < -0.3 is 20.5 Å². The Kier molecular flexibility index (Phi) is 4.73. The number of amides is 2. The lowest BCUT2D eigenvalue weighted by Gasteiger charge is -2.28. The number of aliphatic hydroxyl groups excluding tert-OH is 1. The van der Waals surface area contributed by atoms with Crippen molar-refractivity contribution in [3.05, 3.63) is 29.3 Å². The van der Waals surface area contributed by atoms with E-state index in [0.29, 0.717) is 12.5 Å². The molecule has 0 radical (unpaired) electrons. The van der Waals surface area contributed by atoms with Crippen LogP contribution in [0.3, 0.4) is 0 Å². The normalized spacial score (nSPS) is 17.0. The van der Waals surface area contributed by atoms with Crippen LogP contribution in [0.2, 0.25) is 0 Å². The Balaban J connectivity index is 1.87. The molecular formula is C16H24N2O3. The van der Waals surface area contributed by atoms with Gasteiger partial charge >= 0.3 is 6.03 Å². The van der Waals surface area contributed by atoms with E-state index in [1.165, 1.54) is 0 Å². The molecule has 1 aliphatic rings. The van der Waals surface area contributed by atoms with Gasteiger partial charge in [-0.05, 0) is 49.8 Å². The molecule has 3 N–H and O–H groups in total. The van der Waals surface area contributed by atoms with Gasteiger partial charge in [0, 0.05) is 6.54 Å². The van der Waals surface area contributed by atoms with E-state index < -0.39 is 5.54 Å². The van der Waals surface area contributed by atoms with Gasteiger partial charge in [0.1, 0.15) is 5.75 Å². The molecule has 5 heteroatoms. The standard InChI is InChI=1S/C16H24N2O3/c1-11-8-12(4-7-14(11)21-3)9-17-15(20)18-16(2,10-19)13-5-6-13/h4,7-8,13,19H,5-6,9-10H2,1-3H3,(H2,17,18,20). The van der Waals surface area contributed by atoms with Gasteiger partial charge in [0.2, 0.25) is 0 Å². The zero-order chi connectivity index (χ0) is 15.5. The Labute approximate surface area is 125 Å². The molecule has 1 fully saturated rings. The van der Waals surface area contributed by atoms with Crippen LogP contribution in [-0.2, 0) is 6.54 Å². The third-order valence-corrected chi connectivity index (χ3v) is 4.12. The molecule has 0 saturated heterocycles. The summed E-state index contributed by atoms with van der Waals surface area (Å²) in [5, 5.41) is 15.2. The third-order valence-electron chi connectivity index (χ3n) is 4.12. The zero-order valence-corrected chi connectivity index (χ0v) is 12.9. The molecule has 116 valence electrons. The minimum absolute atomic E-state index is 0.0350. The molecule has 1 atom stereocenters. The largest absolute Gasteiger partial charge is 0.496 e. The highest BCUT2D eigenvalue weighted by molar-refractivity contribution is 5.74. The maximum absolute atomic E-state index is 12.0. The number of urea groups is 1. The summed E-state index contributed by atoms with van der Waals surface area (Å²) in [5.74, 6) is 1.22. The second kappa shape index (κ2) is 6.35. The molecule has 2 rings (SSSR count). The molecule has 0 aromatic heterocycles. The number of nitrogens with one attached hydrogen (secondary N) is 2. The molecule has 0 aliphatic heterocycles. The Bertz CT molecular complexity index is 514. The lowest BCUT2D eigenvalue weighted by Crippen LogP contribution is -2.53. The SMILES string of the molecule is COc1ccc(CNC(=O)NC(C)(CO)C2CC2)cc1C. The molecule has 5 nitrogen and oxygen atoms in total. The van der Waals surface area contributed by atoms with Gasteiger partial charge in [-0.15, -0.1) is 0 Å². The lowest BCUT2D eigenvalue weighted by atomic mass is 9.97. The van der Waals surface area contributed by atoms with E-state index in [2.05, 4.69) is 10.6 Å². The molecule has 1 aliphatic carbocycles. The Morgan fingerprint density at radius 3 is 2.71 bits per heavy atom. The Morgan fingerprint density at radius 1 is 1.48 bits per heavy atom. The number of aliphatic hydroxyl groups is 1. The molecule has 1 aromatic carbocycles. The number of rotatable bonds is 6. The lowest BCUT2D eigenvalue weighted by molar-refractivity contribution is 0.155. The van der Waals surface area contributed by atoms with Crippen LogP contribution in [0.1, 0.15) is 30.9 Å². The van der Waals surface area contributed by atoms with Crippen molar-refractivity contribution in [2.24, 2.45) is 5.92 Å². The molecule has 1 saturated carbocycles. The van der Waals surface area contributed by atoms with E-state index in [1.54, 1.807) is 7.11 Å². The van der Waals surface area contributed by atoms with Crippen molar-refractivity contribution >= 4 is 6.03 Å². The Morgan fingerprint density at radius 2 is 2.19 bits per heavy atom. The van der Waals surface area contributed by atoms with Gasteiger partial charge in [0.15, 0.2) is 0 Å². The number of aryl methyl sites for hydroxylation is 1. The topological polar surface area (TPSA) is 70.6 Å². The van der Waals surface area contributed by atoms with Crippen LogP contribution in [0, 0.1) is 12.8 Å². The highest BCUT2D eigenvalue weighted by Crippen LogP contribution is 2.39. The minimum atomic E-state index is -0.514. The molecule has 0 bridgehead atoms. The zero-order valence-electron chi connectivity index (χ0n) is 12.9. The molecule has 2 amide bonds. The first-order valence-corrected chi connectivity index (χ1v) is 7.29. The summed E-state index contributed by atoms with van der Waals surface area (Å²) in [5.41, 5.74) is 1.54. The summed E-state index contributed by atoms with van der Waals surface area (Å²) in [7, 11) is 1.64. The smallest absolute Gasteiger partial charge is 0.315 e. The monoisotopic (exact) mass is 292 g/mol. The summed E-state index contributed by atoms with van der Waals surface area (Å²) in [6.07, 6.45) is 2.13. The number of carbonyl (C=O) groups excluding carboxylic acids is 1. The van der Waals surface area contributed by atoms with Crippen molar-refractivity contribution in [1.29, 1.82) is 0 Å². The predicted molar refractivity (Wildman–Crippen MR) is 81.3 cm³/mol. The molecule has 21 heavy (non-hydrogen) atoms. The second-order valence-electron chi connectivity index (χ2n) is 5.96. The second-order valence-corrected chi connectivity index (χ2v) is 5.96. The van der Waals surface area contributed by atoms with E-state index >= 15 is 0 Å². The number of benzene rings is 1. The molecule has 0 spiro atoms. The van der Waals surface area contributed by atoms with Crippen molar-refractivity contribution in [3.63, 3.8) is 0 Å². The Hall–Kier alpha value is -1.75. The minimum Gasteiger partial charge on any atom is -0.496 e. The van der Waals surface area contributed by atoms with Gasteiger partial charge in [0.25, 0.3) is 0 Å². The average Bonchev–Trinajstić information content (AvgIpc) is 3.30. The molecule has 1 aromatic rings. The summed E-state index contributed by atoms with van der Waals surface area (Å²) in [6.45, 7) is 4.27. The van der Waals surface area contributed by atoms with Crippen molar-refractivity contribution in [2.75, 3.05) is 13.7 Å². The first-order chi connectivity index (χ1) is 9.98. The van der Waals surface area contributed by atoms with E-state index in [1.807, 2.05) is 32.0 Å². The number of ether oxygens (including phenoxy) is 1. The summed E-state index contributed by atoms with van der Waals surface area (Å²) < 4.78 is 5.21. The van der Waals surface area contributed by atoms with Crippen molar-refractivity contribution in [3.8, 4) is 5.75 Å². The van der Waals surface area contributed by atoms with Crippen LogP contribution in [0.5, 0.6) is 5.75 Å². The van der Waals surface area contributed by atoms with Gasteiger partial charge in [-0.3, -0.25) is 0 Å². The fourth-order valence-corrected chi connectivity index (χ4v) is 2.53. The average molecular weight is 292 g/mol. The quantitative estimate of drug-likeness (QED) is 0.750. The van der Waals surface area contributed by atoms with Crippen molar-refractivity contribution in [1.82, 2.24) is 10.6 Å². The maximum Gasteiger partial charge on any atom is 0.315 e. The van der Waals surface area contributed by atoms with Crippen LogP contribution in [0.15, 0.2) is 18.2 Å². The number of methoxy groups -OCH3 is 1. The fourth-order valence-electron chi connectivity index (χ4n) is 2.53. The number of hydrogen-bond acceptors (Lipinski definition) is 3. The van der Waals surface area contributed by atoms with Gasteiger partial charge in [-0.25, -0.2) is 4.79 Å². The van der Waals surface area contributed by atoms with Gasteiger partial charge in [-0.1, -0.05) is 12.1 Å². The van der Waals surface area contributed by atoms with Crippen LogP contribution >= 0.6 is 0 Å². The van der Waals surface area contributed by atoms with Crippen LogP contribution in [0.25, 0.3) is 0 Å². The summed E-state index contributed by atoms with van der Waals surface area (Å²) in [4.78, 5) is 12.0. The predicted octanol–water partition coefficient (Wildman–Crippen LogP) is 1.96. The van der Waals surface area contributed by atoms with Gasteiger partial charge in [-0.2, -0.15) is 0 Å². The van der Waals surface area contributed by atoms with E-state index in [0.717, 1.165) is 29.7 Å². The maximum atomic E-state index is 12.0. The van der Waals surface area contributed by atoms with E-state index in [4.69, 9.17) is 4.74 Å². The van der Waals surface area contributed by atoms with Gasteiger partial charge in [0.05, 0.1) is 19.3 Å². The number of hydrogen-bond donors (Lipinski definition) is 3. The molecular weight excluding hydrogens is 268 g/mol. The summed E-state index contributed by atoms with van der Waals surface area (Å²) >= 11 is 0. The van der Waals surface area contributed by atoms with Crippen LogP contribution in [-0.4, -0.2) is 30.4 Å². The third kappa shape index (κ3) is 3.88. The van der Waals surface area contributed by atoms with Crippen molar-refractivity contribution in [2.45, 2.75) is 38.8 Å². The van der Waals surface area contributed by atoms with E-state index in [9.17, 15) is 9.90 Å². The molecule has 1 unspecified atom stereocenters.